The Morgan fingerprint density at radius 3 is 2.47 bits per heavy atom. The van der Waals surface area contributed by atoms with Gasteiger partial charge in [-0.15, -0.1) is 11.8 Å². The van der Waals surface area contributed by atoms with Gasteiger partial charge in [-0.3, -0.25) is 4.79 Å². The summed E-state index contributed by atoms with van der Waals surface area (Å²) in [6.45, 7) is -0.167. The van der Waals surface area contributed by atoms with Crippen LogP contribution in [0.3, 0.4) is 0 Å². The Kier molecular flexibility index (Phi) is 4.58. The normalized spacial score (nSPS) is 10.2. The van der Waals surface area contributed by atoms with Gasteiger partial charge >= 0.3 is 0 Å². The zero-order valence-electron chi connectivity index (χ0n) is 10.4. The summed E-state index contributed by atoms with van der Waals surface area (Å²) in [6.07, 6.45) is 1.98. The number of ketones is 1. The molecule has 0 unspecified atom stereocenters. The maximum absolute atomic E-state index is 13.4. The zero-order valence-corrected chi connectivity index (χ0v) is 11.2. The molecule has 19 heavy (non-hydrogen) atoms. The van der Waals surface area contributed by atoms with Gasteiger partial charge < -0.3 is 4.74 Å². The van der Waals surface area contributed by atoms with E-state index in [4.69, 9.17) is 4.74 Å². The molecule has 0 amide bonds. The highest BCUT2D eigenvalue weighted by Gasteiger charge is 2.11. The van der Waals surface area contributed by atoms with Crippen molar-refractivity contribution in [1.82, 2.24) is 0 Å². The van der Waals surface area contributed by atoms with Gasteiger partial charge in [0.15, 0.2) is 6.61 Å². The number of thioether (sulfide) groups is 1. The predicted molar refractivity (Wildman–Crippen MR) is 74.4 cm³/mol. The van der Waals surface area contributed by atoms with E-state index in [2.05, 4.69) is 0 Å². The number of benzene rings is 2. The van der Waals surface area contributed by atoms with Crippen molar-refractivity contribution >= 4 is 17.5 Å². The minimum Gasteiger partial charge on any atom is -0.485 e. The molecule has 0 aliphatic heterocycles. The van der Waals surface area contributed by atoms with E-state index in [1.54, 1.807) is 36.0 Å². The first kappa shape index (κ1) is 13.6. The first-order valence-corrected chi connectivity index (χ1v) is 6.98. The summed E-state index contributed by atoms with van der Waals surface area (Å²) in [5, 5.41) is 0. The van der Waals surface area contributed by atoms with Crippen molar-refractivity contribution in [2.24, 2.45) is 0 Å². The van der Waals surface area contributed by atoms with Gasteiger partial charge in [0.25, 0.3) is 0 Å². The third-order valence-electron chi connectivity index (χ3n) is 2.60. The third kappa shape index (κ3) is 3.58. The fourth-order valence-electron chi connectivity index (χ4n) is 1.59. The van der Waals surface area contributed by atoms with Crippen LogP contribution in [-0.2, 0) is 0 Å². The molecule has 2 aromatic rings. The van der Waals surface area contributed by atoms with Crippen molar-refractivity contribution < 1.29 is 13.9 Å². The van der Waals surface area contributed by atoms with Crippen molar-refractivity contribution in [3.63, 3.8) is 0 Å². The third-order valence-corrected chi connectivity index (χ3v) is 3.35. The molecule has 0 heterocycles. The fourth-order valence-corrected chi connectivity index (χ4v) is 1.99. The first-order chi connectivity index (χ1) is 9.20. The number of carbonyl (C=O) groups excluding carboxylic acids is 1. The molecule has 0 saturated carbocycles. The van der Waals surface area contributed by atoms with E-state index < -0.39 is 5.82 Å². The Hall–Kier alpha value is -1.81. The molecule has 0 aromatic heterocycles. The van der Waals surface area contributed by atoms with Gasteiger partial charge in [-0.05, 0) is 42.7 Å². The van der Waals surface area contributed by atoms with Gasteiger partial charge in [0.1, 0.15) is 11.6 Å². The van der Waals surface area contributed by atoms with E-state index in [9.17, 15) is 9.18 Å². The smallest absolute Gasteiger partial charge is 0.203 e. The summed E-state index contributed by atoms with van der Waals surface area (Å²) < 4.78 is 18.7. The summed E-state index contributed by atoms with van der Waals surface area (Å²) in [5.74, 6) is -0.289. The second-order valence-corrected chi connectivity index (χ2v) is 4.75. The molecular formula is C15H13FO2S. The lowest BCUT2D eigenvalue weighted by Gasteiger charge is -2.06. The van der Waals surface area contributed by atoms with Crippen molar-refractivity contribution in [2.45, 2.75) is 4.90 Å². The van der Waals surface area contributed by atoms with E-state index in [0.717, 1.165) is 4.90 Å². The Labute approximate surface area is 115 Å². The van der Waals surface area contributed by atoms with Crippen LogP contribution >= 0.6 is 11.8 Å². The van der Waals surface area contributed by atoms with Crippen molar-refractivity contribution in [3.05, 3.63) is 59.9 Å². The molecular weight excluding hydrogens is 263 g/mol. The standard InChI is InChI=1S/C15H13FO2S/c1-19-12-8-6-11(7-9-12)18-10-15(17)13-4-2-3-5-14(13)16/h2-9H,10H2,1H3. The lowest BCUT2D eigenvalue weighted by Crippen LogP contribution is -2.13. The quantitative estimate of drug-likeness (QED) is 0.613. The van der Waals surface area contributed by atoms with Gasteiger partial charge in [0.05, 0.1) is 5.56 Å². The largest absolute Gasteiger partial charge is 0.485 e. The Morgan fingerprint density at radius 1 is 1.16 bits per heavy atom. The highest BCUT2D eigenvalue weighted by molar-refractivity contribution is 7.98. The maximum atomic E-state index is 13.4. The minimum absolute atomic E-state index is 0.0585. The molecule has 2 aromatic carbocycles. The molecule has 0 bridgehead atoms. The molecule has 0 aliphatic carbocycles. The number of carbonyl (C=O) groups is 1. The van der Waals surface area contributed by atoms with Crippen LogP contribution in [0.25, 0.3) is 0 Å². The zero-order chi connectivity index (χ0) is 13.7. The summed E-state index contributed by atoms with van der Waals surface area (Å²) in [6, 6.07) is 13.3. The van der Waals surface area contributed by atoms with Crippen LogP contribution in [0.5, 0.6) is 5.75 Å². The fraction of sp³-hybridized carbons (Fsp3) is 0.133. The number of rotatable bonds is 5. The highest BCUT2D eigenvalue weighted by atomic mass is 32.2. The molecule has 2 rings (SSSR count). The molecule has 0 fully saturated rings. The minimum atomic E-state index is -0.520. The Morgan fingerprint density at radius 2 is 1.84 bits per heavy atom. The summed E-state index contributed by atoms with van der Waals surface area (Å²) in [5.41, 5.74) is 0.0585. The first-order valence-electron chi connectivity index (χ1n) is 5.75. The second-order valence-electron chi connectivity index (χ2n) is 3.87. The molecule has 0 spiro atoms. The summed E-state index contributed by atoms with van der Waals surface area (Å²) in [4.78, 5) is 12.9. The Bertz CT molecular complexity index is 567. The number of halogens is 1. The summed E-state index contributed by atoms with van der Waals surface area (Å²) >= 11 is 1.63. The van der Waals surface area contributed by atoms with E-state index in [0.29, 0.717) is 5.75 Å². The monoisotopic (exact) mass is 276 g/mol. The van der Waals surface area contributed by atoms with Crippen LogP contribution in [0.2, 0.25) is 0 Å². The van der Waals surface area contributed by atoms with Gasteiger partial charge in [-0.2, -0.15) is 0 Å². The van der Waals surface area contributed by atoms with Gasteiger partial charge in [0, 0.05) is 4.90 Å². The predicted octanol–water partition coefficient (Wildman–Crippen LogP) is 3.81. The Balaban J connectivity index is 1.98. The topological polar surface area (TPSA) is 26.3 Å². The number of ether oxygens (including phenoxy) is 1. The van der Waals surface area contributed by atoms with Crippen molar-refractivity contribution in [2.75, 3.05) is 12.9 Å². The van der Waals surface area contributed by atoms with Gasteiger partial charge in [-0.25, -0.2) is 4.39 Å². The van der Waals surface area contributed by atoms with Crippen LogP contribution < -0.4 is 4.74 Å². The van der Waals surface area contributed by atoms with Crippen LogP contribution in [0.1, 0.15) is 10.4 Å². The van der Waals surface area contributed by atoms with Gasteiger partial charge in [-0.1, -0.05) is 12.1 Å². The molecule has 0 atom stereocenters. The molecule has 2 nitrogen and oxygen atoms in total. The molecule has 0 radical (unpaired) electrons. The average Bonchev–Trinajstić information content (AvgIpc) is 2.46. The van der Waals surface area contributed by atoms with E-state index >= 15 is 0 Å². The second kappa shape index (κ2) is 6.38. The van der Waals surface area contributed by atoms with E-state index in [-0.39, 0.29) is 18.0 Å². The average molecular weight is 276 g/mol. The van der Waals surface area contributed by atoms with Crippen molar-refractivity contribution in [3.8, 4) is 5.75 Å². The van der Waals surface area contributed by atoms with E-state index in [1.165, 1.54) is 12.1 Å². The molecule has 0 aliphatic rings. The summed E-state index contributed by atoms with van der Waals surface area (Å²) in [7, 11) is 0. The van der Waals surface area contributed by atoms with Crippen LogP contribution in [0, 0.1) is 5.82 Å². The highest BCUT2D eigenvalue weighted by Crippen LogP contribution is 2.19. The van der Waals surface area contributed by atoms with Crippen LogP contribution in [-0.4, -0.2) is 18.6 Å². The van der Waals surface area contributed by atoms with Gasteiger partial charge in [0.2, 0.25) is 5.78 Å². The van der Waals surface area contributed by atoms with Crippen molar-refractivity contribution in [1.29, 1.82) is 0 Å². The SMILES string of the molecule is CSc1ccc(OCC(=O)c2ccccc2F)cc1. The lowest BCUT2D eigenvalue weighted by atomic mass is 10.1. The van der Waals surface area contributed by atoms with E-state index in [1.807, 2.05) is 18.4 Å². The van der Waals surface area contributed by atoms with Crippen LogP contribution in [0.4, 0.5) is 4.39 Å². The number of hydrogen-bond donors (Lipinski definition) is 0. The molecule has 98 valence electrons. The number of hydrogen-bond acceptors (Lipinski definition) is 3. The maximum Gasteiger partial charge on any atom is 0.203 e. The molecule has 4 heteroatoms. The molecule has 0 saturated heterocycles. The number of Topliss-reactive ketones (excluding diaryl/α,β-unsaturated/α-hetero) is 1. The lowest BCUT2D eigenvalue weighted by molar-refractivity contribution is 0.0917. The molecule has 0 N–H and O–H groups in total. The van der Waals surface area contributed by atoms with Crippen LogP contribution in [0.15, 0.2) is 53.4 Å².